The summed E-state index contributed by atoms with van der Waals surface area (Å²) in [5.41, 5.74) is 1.15. The van der Waals surface area contributed by atoms with Gasteiger partial charge in [0.05, 0.1) is 24.9 Å². The van der Waals surface area contributed by atoms with Crippen LogP contribution in [0.3, 0.4) is 0 Å². The molecule has 1 aliphatic heterocycles. The van der Waals surface area contributed by atoms with Gasteiger partial charge in [0, 0.05) is 12.3 Å². The van der Waals surface area contributed by atoms with Gasteiger partial charge >= 0.3 is 0 Å². The van der Waals surface area contributed by atoms with E-state index in [1.807, 2.05) is 6.07 Å². The Morgan fingerprint density at radius 3 is 2.13 bits per heavy atom. The molecule has 1 heterocycles. The average Bonchev–Trinajstić information content (AvgIpc) is 3.05. The van der Waals surface area contributed by atoms with Gasteiger partial charge in [0.1, 0.15) is 29.6 Å². The highest BCUT2D eigenvalue weighted by Crippen LogP contribution is 2.30. The molecule has 6 N–H and O–H groups in total. The number of anilines is 1. The molecule has 4 atom stereocenters. The van der Waals surface area contributed by atoms with Gasteiger partial charge in [-0.1, -0.05) is 69.3 Å². The summed E-state index contributed by atoms with van der Waals surface area (Å²) in [5.74, 6) is -4.12. The van der Waals surface area contributed by atoms with Gasteiger partial charge in [-0.3, -0.25) is 24.0 Å². The number of benzene rings is 3. The third-order valence-corrected chi connectivity index (χ3v) is 7.85. The van der Waals surface area contributed by atoms with E-state index >= 15 is 0 Å². The lowest BCUT2D eigenvalue weighted by Gasteiger charge is -2.29. The molecule has 12 heteroatoms. The number of fused-ring (bicyclic) bond motifs is 1. The zero-order valence-corrected chi connectivity index (χ0v) is 26.1. The molecule has 0 saturated carbocycles. The van der Waals surface area contributed by atoms with Crippen LogP contribution in [0.2, 0.25) is 0 Å². The molecule has 12 nitrogen and oxygen atoms in total. The fourth-order valence-electron chi connectivity index (χ4n) is 5.17. The predicted molar refractivity (Wildman–Crippen MR) is 171 cm³/mol. The fraction of sp³-hybridized carbons (Fsp3) is 0.324. The monoisotopic (exact) mass is 629 g/mol. The van der Waals surface area contributed by atoms with Crippen molar-refractivity contribution in [2.45, 2.75) is 51.2 Å². The molecular formula is C34H39N5O7. The number of rotatable bonds is 6. The molecule has 0 fully saturated rings. The van der Waals surface area contributed by atoms with E-state index in [1.165, 1.54) is 25.3 Å². The minimum Gasteiger partial charge on any atom is -0.506 e. The Hall–Kier alpha value is -5.39. The van der Waals surface area contributed by atoms with Crippen molar-refractivity contribution in [1.29, 1.82) is 0 Å². The van der Waals surface area contributed by atoms with Gasteiger partial charge in [-0.2, -0.15) is 0 Å². The van der Waals surface area contributed by atoms with Gasteiger partial charge in [0.15, 0.2) is 0 Å². The highest BCUT2D eigenvalue weighted by molar-refractivity contribution is 6.08. The van der Waals surface area contributed by atoms with Crippen LogP contribution in [0, 0.1) is 5.92 Å². The summed E-state index contributed by atoms with van der Waals surface area (Å²) in [6, 6.07) is 16.7. The molecule has 3 aromatic carbocycles. The van der Waals surface area contributed by atoms with E-state index in [-0.39, 0.29) is 29.3 Å². The topological polar surface area (TPSA) is 175 Å². The Morgan fingerprint density at radius 1 is 0.783 bits per heavy atom. The van der Waals surface area contributed by atoms with Crippen molar-refractivity contribution in [3.05, 3.63) is 89.5 Å². The average molecular weight is 630 g/mol. The van der Waals surface area contributed by atoms with Crippen LogP contribution in [0.5, 0.6) is 11.5 Å². The summed E-state index contributed by atoms with van der Waals surface area (Å²) in [6.45, 7) is 4.77. The molecule has 3 aromatic rings. The van der Waals surface area contributed by atoms with Crippen molar-refractivity contribution in [2.75, 3.05) is 19.0 Å². The lowest BCUT2D eigenvalue weighted by atomic mass is 9.91. The minimum atomic E-state index is -1.20. The summed E-state index contributed by atoms with van der Waals surface area (Å²) in [5, 5.41) is 24.1. The number of phenolic OH excluding ortho intramolecular Hbond substituents is 1. The summed E-state index contributed by atoms with van der Waals surface area (Å²) in [6.07, 6.45) is 0.0962. The van der Waals surface area contributed by atoms with Crippen molar-refractivity contribution in [3.8, 4) is 11.5 Å². The molecule has 0 bridgehead atoms. The Bertz CT molecular complexity index is 1580. The molecule has 0 radical (unpaired) electrons. The largest absolute Gasteiger partial charge is 0.506 e. The number of nitrogens with one attached hydrogen (secondary N) is 5. The second-order valence-electron chi connectivity index (χ2n) is 11.5. The Morgan fingerprint density at radius 2 is 1.48 bits per heavy atom. The number of ether oxygens (including phenoxy) is 1. The molecule has 0 aliphatic carbocycles. The highest BCUT2D eigenvalue weighted by atomic mass is 16.5. The second kappa shape index (κ2) is 15.1. The van der Waals surface area contributed by atoms with E-state index in [1.54, 1.807) is 69.3 Å². The molecule has 242 valence electrons. The molecule has 1 aliphatic rings. The van der Waals surface area contributed by atoms with Crippen LogP contribution < -0.4 is 31.3 Å². The normalized spacial score (nSPS) is 20.4. The second-order valence-corrected chi connectivity index (χ2v) is 11.5. The number of amides is 5. The van der Waals surface area contributed by atoms with Gasteiger partial charge in [-0.15, -0.1) is 0 Å². The SMILES string of the molecule is COc1ccc([C@@H](C)[C@@H]2NC(=O)[C@@H](C(C)C)NC(=O)CNC(=O)[C@H](Cc3ccccc3)NC(=O)c3cccc(O)c3NC2=O)cc1. The Labute approximate surface area is 267 Å². The van der Waals surface area contributed by atoms with Crippen LogP contribution in [0.4, 0.5) is 5.69 Å². The van der Waals surface area contributed by atoms with Crippen LogP contribution in [0.1, 0.15) is 48.2 Å². The molecular weight excluding hydrogens is 590 g/mol. The maximum Gasteiger partial charge on any atom is 0.254 e. The third-order valence-electron chi connectivity index (χ3n) is 7.85. The first-order chi connectivity index (χ1) is 22.0. The van der Waals surface area contributed by atoms with E-state index in [9.17, 15) is 29.1 Å². The highest BCUT2D eigenvalue weighted by Gasteiger charge is 2.34. The molecule has 46 heavy (non-hydrogen) atoms. The van der Waals surface area contributed by atoms with Gasteiger partial charge in [0.25, 0.3) is 5.91 Å². The lowest BCUT2D eigenvalue weighted by Crippen LogP contribution is -2.57. The van der Waals surface area contributed by atoms with Crippen molar-refractivity contribution in [1.82, 2.24) is 21.3 Å². The lowest BCUT2D eigenvalue weighted by molar-refractivity contribution is -0.132. The maximum absolute atomic E-state index is 14.0. The summed E-state index contributed by atoms with van der Waals surface area (Å²) < 4.78 is 5.25. The molecule has 0 saturated heterocycles. The van der Waals surface area contributed by atoms with Gasteiger partial charge < -0.3 is 36.4 Å². The smallest absolute Gasteiger partial charge is 0.254 e. The quantitative estimate of drug-likeness (QED) is 0.227. The molecule has 4 rings (SSSR count). The first-order valence-electron chi connectivity index (χ1n) is 15.0. The Kier molecular flexibility index (Phi) is 11.0. The minimum absolute atomic E-state index is 0.0962. The number of aromatic hydroxyl groups is 1. The van der Waals surface area contributed by atoms with E-state index in [0.717, 1.165) is 5.56 Å². The number of phenols is 1. The summed E-state index contributed by atoms with van der Waals surface area (Å²) in [7, 11) is 1.53. The number of carbonyl (C=O) groups excluding carboxylic acids is 5. The Balaban J connectivity index is 1.76. The number of hydrogen-bond acceptors (Lipinski definition) is 7. The number of hydrogen-bond donors (Lipinski definition) is 6. The predicted octanol–water partition coefficient (Wildman–Crippen LogP) is 2.24. The van der Waals surface area contributed by atoms with Crippen LogP contribution >= 0.6 is 0 Å². The number of methoxy groups -OCH3 is 1. The molecule has 0 unspecified atom stereocenters. The van der Waals surface area contributed by atoms with E-state index in [2.05, 4.69) is 26.6 Å². The van der Waals surface area contributed by atoms with E-state index in [4.69, 9.17) is 4.74 Å². The maximum atomic E-state index is 14.0. The zero-order chi connectivity index (χ0) is 33.4. The molecule has 0 aromatic heterocycles. The van der Waals surface area contributed by atoms with Crippen molar-refractivity contribution in [2.24, 2.45) is 5.92 Å². The van der Waals surface area contributed by atoms with Crippen LogP contribution in [0.25, 0.3) is 0 Å². The fourth-order valence-corrected chi connectivity index (χ4v) is 5.17. The van der Waals surface area contributed by atoms with Crippen LogP contribution in [-0.4, -0.2) is 66.4 Å². The van der Waals surface area contributed by atoms with E-state index in [0.29, 0.717) is 11.3 Å². The summed E-state index contributed by atoms with van der Waals surface area (Å²) >= 11 is 0. The van der Waals surface area contributed by atoms with Gasteiger partial charge in [-0.25, -0.2) is 0 Å². The van der Waals surface area contributed by atoms with Crippen molar-refractivity contribution >= 4 is 35.2 Å². The molecule has 5 amide bonds. The summed E-state index contributed by atoms with van der Waals surface area (Å²) in [4.78, 5) is 67.5. The molecule has 0 spiro atoms. The van der Waals surface area contributed by atoms with Crippen LogP contribution in [-0.2, 0) is 25.6 Å². The first-order valence-corrected chi connectivity index (χ1v) is 15.0. The first kappa shape index (κ1) is 33.5. The third kappa shape index (κ3) is 8.20. The van der Waals surface area contributed by atoms with E-state index < -0.39 is 60.1 Å². The van der Waals surface area contributed by atoms with Gasteiger partial charge in [-0.05, 0) is 41.3 Å². The zero-order valence-electron chi connectivity index (χ0n) is 26.1. The van der Waals surface area contributed by atoms with Crippen molar-refractivity contribution in [3.63, 3.8) is 0 Å². The van der Waals surface area contributed by atoms with Gasteiger partial charge in [0.2, 0.25) is 23.6 Å². The standard InChI is InChI=1S/C34H39N5O7/c1-19(2)28-33(44)38-29(20(3)22-13-15-23(46-4)16-14-22)34(45)39-30-24(11-8-12-26(30)40)31(42)36-25(17-21-9-6-5-7-10-21)32(43)35-18-27(41)37-28/h5-16,19-20,25,28-29,40H,17-18H2,1-4H3,(H,35,43)(H,36,42)(H,37,41)(H,38,44)(H,39,45)/t20-,25+,28-,29+/m1/s1. The number of para-hydroxylation sites is 1. The van der Waals surface area contributed by atoms with Crippen molar-refractivity contribution < 1.29 is 33.8 Å². The van der Waals surface area contributed by atoms with Crippen LogP contribution in [0.15, 0.2) is 72.8 Å². The number of carbonyl (C=O) groups is 5.